The number of aryl methyl sites for hydroxylation is 1. The molecule has 0 spiro atoms. The Morgan fingerprint density at radius 3 is 2.35 bits per heavy atom. The van der Waals surface area contributed by atoms with E-state index in [4.69, 9.17) is 5.73 Å². The summed E-state index contributed by atoms with van der Waals surface area (Å²) in [6.07, 6.45) is 1.27. The lowest BCUT2D eigenvalue weighted by Gasteiger charge is -2.17. The molecule has 0 aliphatic rings. The molecule has 2 aromatic rings. The number of nitrogens with two attached hydrogens (primary N) is 1. The maximum atomic E-state index is 12.4. The van der Waals surface area contributed by atoms with Crippen LogP contribution in [0.3, 0.4) is 0 Å². The molecule has 0 bridgehead atoms. The number of rotatable bonds is 4. The SMILES string of the molecule is Cc1ccc(CN(C)S(=O)(=O)c2ccc(N)nc2)cc1. The first-order valence-corrected chi connectivity index (χ1v) is 7.57. The highest BCUT2D eigenvalue weighted by Crippen LogP contribution is 2.16. The average molecular weight is 291 g/mol. The Kier molecular flexibility index (Phi) is 4.06. The molecule has 0 atom stereocenters. The standard InChI is InChI=1S/C14H17N3O2S/c1-11-3-5-12(6-4-11)10-17(2)20(18,19)13-7-8-14(15)16-9-13/h3-9H,10H2,1-2H3,(H2,15,16). The third-order valence-corrected chi connectivity index (χ3v) is 4.78. The van der Waals surface area contributed by atoms with Crippen LogP contribution in [0.2, 0.25) is 0 Å². The van der Waals surface area contributed by atoms with Gasteiger partial charge in [0.1, 0.15) is 10.7 Å². The van der Waals surface area contributed by atoms with Crippen molar-refractivity contribution in [3.8, 4) is 0 Å². The summed E-state index contributed by atoms with van der Waals surface area (Å²) in [6.45, 7) is 2.30. The molecule has 0 aliphatic carbocycles. The maximum Gasteiger partial charge on any atom is 0.244 e. The Labute approximate surface area is 119 Å². The van der Waals surface area contributed by atoms with Gasteiger partial charge in [0.15, 0.2) is 0 Å². The van der Waals surface area contributed by atoms with Crippen LogP contribution in [0.1, 0.15) is 11.1 Å². The molecular formula is C14H17N3O2S. The van der Waals surface area contributed by atoms with Crippen LogP contribution in [0.4, 0.5) is 5.82 Å². The second-order valence-electron chi connectivity index (χ2n) is 4.67. The highest BCUT2D eigenvalue weighted by atomic mass is 32.2. The third-order valence-electron chi connectivity index (χ3n) is 2.99. The molecule has 20 heavy (non-hydrogen) atoms. The van der Waals surface area contributed by atoms with Gasteiger partial charge in [0.2, 0.25) is 10.0 Å². The van der Waals surface area contributed by atoms with Gasteiger partial charge in [-0.05, 0) is 24.6 Å². The summed E-state index contributed by atoms with van der Waals surface area (Å²) in [5.41, 5.74) is 7.54. The number of nitrogen functional groups attached to an aromatic ring is 1. The van der Waals surface area contributed by atoms with E-state index in [2.05, 4.69) is 4.98 Å². The number of nitrogens with zero attached hydrogens (tertiary/aromatic N) is 2. The van der Waals surface area contributed by atoms with Gasteiger partial charge < -0.3 is 5.73 Å². The fourth-order valence-corrected chi connectivity index (χ4v) is 2.86. The number of anilines is 1. The van der Waals surface area contributed by atoms with E-state index in [1.54, 1.807) is 7.05 Å². The van der Waals surface area contributed by atoms with Crippen molar-refractivity contribution in [1.29, 1.82) is 0 Å². The molecule has 0 radical (unpaired) electrons. The number of benzene rings is 1. The molecule has 1 aromatic heterocycles. The predicted molar refractivity (Wildman–Crippen MR) is 78.5 cm³/mol. The molecule has 106 valence electrons. The molecule has 0 aliphatic heterocycles. The summed E-state index contributed by atoms with van der Waals surface area (Å²) in [7, 11) is -2.00. The second-order valence-corrected chi connectivity index (χ2v) is 6.71. The number of hydrogen-bond donors (Lipinski definition) is 1. The van der Waals surface area contributed by atoms with Crippen molar-refractivity contribution >= 4 is 15.8 Å². The van der Waals surface area contributed by atoms with E-state index in [1.807, 2.05) is 31.2 Å². The van der Waals surface area contributed by atoms with E-state index in [-0.39, 0.29) is 4.90 Å². The quantitative estimate of drug-likeness (QED) is 0.931. The van der Waals surface area contributed by atoms with Gasteiger partial charge in [-0.3, -0.25) is 0 Å². The molecule has 0 saturated carbocycles. The Hall–Kier alpha value is -1.92. The van der Waals surface area contributed by atoms with Gasteiger partial charge in [-0.1, -0.05) is 29.8 Å². The molecule has 0 amide bonds. The minimum atomic E-state index is -3.55. The van der Waals surface area contributed by atoms with Gasteiger partial charge >= 0.3 is 0 Å². The minimum absolute atomic E-state index is 0.140. The number of sulfonamides is 1. The summed E-state index contributed by atoms with van der Waals surface area (Å²) >= 11 is 0. The zero-order chi connectivity index (χ0) is 14.8. The monoisotopic (exact) mass is 291 g/mol. The zero-order valence-electron chi connectivity index (χ0n) is 11.4. The summed E-state index contributed by atoms with van der Waals surface area (Å²) in [6, 6.07) is 10.7. The van der Waals surface area contributed by atoms with E-state index < -0.39 is 10.0 Å². The van der Waals surface area contributed by atoms with Crippen molar-refractivity contribution in [1.82, 2.24) is 9.29 Å². The van der Waals surface area contributed by atoms with Crippen LogP contribution in [0.5, 0.6) is 0 Å². The van der Waals surface area contributed by atoms with Gasteiger partial charge in [-0.25, -0.2) is 13.4 Å². The lowest BCUT2D eigenvalue weighted by molar-refractivity contribution is 0.466. The van der Waals surface area contributed by atoms with Crippen LogP contribution in [-0.2, 0) is 16.6 Å². The molecule has 2 N–H and O–H groups in total. The first-order valence-electron chi connectivity index (χ1n) is 6.13. The Balaban J connectivity index is 2.21. The van der Waals surface area contributed by atoms with Crippen LogP contribution in [0, 0.1) is 6.92 Å². The largest absolute Gasteiger partial charge is 0.384 e. The van der Waals surface area contributed by atoms with Gasteiger partial charge in [0, 0.05) is 19.8 Å². The Bertz CT molecular complexity index is 679. The lowest BCUT2D eigenvalue weighted by Crippen LogP contribution is -2.26. The topological polar surface area (TPSA) is 76.3 Å². The summed E-state index contributed by atoms with van der Waals surface area (Å²) in [4.78, 5) is 3.96. The maximum absolute atomic E-state index is 12.4. The summed E-state index contributed by atoms with van der Waals surface area (Å²) in [5, 5.41) is 0. The van der Waals surface area contributed by atoms with Crippen molar-refractivity contribution in [2.75, 3.05) is 12.8 Å². The molecule has 1 aromatic carbocycles. The molecule has 0 saturated heterocycles. The van der Waals surface area contributed by atoms with E-state index in [0.717, 1.165) is 11.1 Å². The first-order chi connectivity index (χ1) is 9.39. The van der Waals surface area contributed by atoms with E-state index in [1.165, 1.54) is 22.6 Å². The van der Waals surface area contributed by atoms with Crippen molar-refractivity contribution in [2.45, 2.75) is 18.4 Å². The molecule has 2 rings (SSSR count). The van der Waals surface area contributed by atoms with E-state index >= 15 is 0 Å². The Morgan fingerprint density at radius 1 is 1.15 bits per heavy atom. The van der Waals surface area contributed by atoms with Crippen LogP contribution in [-0.4, -0.2) is 24.8 Å². The molecule has 1 heterocycles. The van der Waals surface area contributed by atoms with Gasteiger partial charge in [0.25, 0.3) is 0 Å². The van der Waals surface area contributed by atoms with Gasteiger partial charge in [-0.15, -0.1) is 0 Å². The van der Waals surface area contributed by atoms with Crippen molar-refractivity contribution in [3.05, 3.63) is 53.7 Å². The van der Waals surface area contributed by atoms with Crippen LogP contribution in [0.25, 0.3) is 0 Å². The Morgan fingerprint density at radius 2 is 1.80 bits per heavy atom. The second kappa shape index (κ2) is 5.60. The summed E-state index contributed by atoms with van der Waals surface area (Å²) < 4.78 is 26.0. The normalized spacial score (nSPS) is 11.8. The number of aromatic nitrogens is 1. The van der Waals surface area contributed by atoms with Gasteiger partial charge in [0.05, 0.1) is 0 Å². The van der Waals surface area contributed by atoms with Crippen LogP contribution < -0.4 is 5.73 Å². The smallest absolute Gasteiger partial charge is 0.244 e. The molecule has 0 unspecified atom stereocenters. The first kappa shape index (κ1) is 14.5. The highest BCUT2D eigenvalue weighted by molar-refractivity contribution is 7.89. The average Bonchev–Trinajstić information content (AvgIpc) is 2.42. The molecule has 5 nitrogen and oxygen atoms in total. The van der Waals surface area contributed by atoms with Crippen LogP contribution in [0.15, 0.2) is 47.5 Å². The van der Waals surface area contributed by atoms with Gasteiger partial charge in [-0.2, -0.15) is 4.31 Å². The molecule has 6 heteroatoms. The zero-order valence-corrected chi connectivity index (χ0v) is 12.3. The van der Waals surface area contributed by atoms with E-state index in [9.17, 15) is 8.42 Å². The minimum Gasteiger partial charge on any atom is -0.384 e. The fraction of sp³-hybridized carbons (Fsp3) is 0.214. The van der Waals surface area contributed by atoms with Crippen molar-refractivity contribution < 1.29 is 8.42 Å². The highest BCUT2D eigenvalue weighted by Gasteiger charge is 2.21. The lowest BCUT2D eigenvalue weighted by atomic mass is 10.1. The third kappa shape index (κ3) is 3.15. The fourth-order valence-electron chi connectivity index (χ4n) is 1.76. The van der Waals surface area contributed by atoms with Crippen LogP contribution >= 0.6 is 0 Å². The summed E-state index contributed by atoms with van der Waals surface area (Å²) in [5.74, 6) is 0.296. The predicted octanol–water partition coefficient (Wildman–Crippen LogP) is 1.79. The van der Waals surface area contributed by atoms with Crippen molar-refractivity contribution in [3.63, 3.8) is 0 Å². The van der Waals surface area contributed by atoms with E-state index in [0.29, 0.717) is 12.4 Å². The number of hydrogen-bond acceptors (Lipinski definition) is 4. The number of pyridine rings is 1. The molecular weight excluding hydrogens is 274 g/mol. The molecule has 0 fully saturated rings. The van der Waals surface area contributed by atoms with Crippen molar-refractivity contribution in [2.24, 2.45) is 0 Å².